The molecule has 0 aliphatic heterocycles. The fraction of sp³-hybridized carbons (Fsp3) is 0.111. The van der Waals surface area contributed by atoms with E-state index in [0.717, 1.165) is 5.56 Å². The van der Waals surface area contributed by atoms with Gasteiger partial charge in [-0.1, -0.05) is 23.7 Å². The maximum absolute atomic E-state index is 11.9. The van der Waals surface area contributed by atoms with Crippen LogP contribution in [0.1, 0.15) is 5.56 Å². The molecule has 0 aliphatic carbocycles. The minimum Gasteiger partial charge on any atom is -0.375 e. The fourth-order valence-electron chi connectivity index (χ4n) is 1.93. The Bertz CT molecular complexity index is 742. The molecule has 5 nitrogen and oxygen atoms in total. The van der Waals surface area contributed by atoms with Crippen LogP contribution in [0.5, 0.6) is 0 Å². The number of anilines is 2. The normalized spacial score (nSPS) is 10.6. The number of methoxy groups -OCH3 is 1. The minimum absolute atomic E-state index is 0.00716. The highest BCUT2D eigenvalue weighted by atomic mass is 35.5. The van der Waals surface area contributed by atoms with Crippen LogP contribution in [0, 0.1) is 0 Å². The summed E-state index contributed by atoms with van der Waals surface area (Å²) in [7, 11) is 1.45. The average molecular weight is 345 g/mol. The average Bonchev–Trinajstić information content (AvgIpc) is 2.55. The number of nitrogens with one attached hydrogen (secondary N) is 2. The summed E-state index contributed by atoms with van der Waals surface area (Å²) < 4.78 is 4.74. The van der Waals surface area contributed by atoms with Crippen LogP contribution in [0.15, 0.2) is 54.6 Å². The fourth-order valence-corrected chi connectivity index (χ4v) is 2.13. The van der Waals surface area contributed by atoms with Crippen molar-refractivity contribution in [3.63, 3.8) is 0 Å². The van der Waals surface area contributed by atoms with Crippen LogP contribution >= 0.6 is 11.6 Å². The molecule has 2 N–H and O–H groups in total. The van der Waals surface area contributed by atoms with Gasteiger partial charge in [-0.25, -0.2) is 0 Å². The number of carbonyl (C=O) groups excluding carboxylic acids is 2. The van der Waals surface area contributed by atoms with Crippen molar-refractivity contribution in [1.82, 2.24) is 0 Å². The van der Waals surface area contributed by atoms with E-state index < -0.39 is 0 Å². The first-order valence-corrected chi connectivity index (χ1v) is 7.58. The monoisotopic (exact) mass is 344 g/mol. The molecular weight excluding hydrogens is 328 g/mol. The molecule has 2 rings (SSSR count). The lowest BCUT2D eigenvalue weighted by Crippen LogP contribution is -2.17. The van der Waals surface area contributed by atoms with E-state index in [1.807, 2.05) is 12.1 Å². The van der Waals surface area contributed by atoms with Crippen LogP contribution in [0.25, 0.3) is 6.08 Å². The van der Waals surface area contributed by atoms with Crippen LogP contribution < -0.4 is 10.6 Å². The molecule has 0 bridgehead atoms. The van der Waals surface area contributed by atoms with Crippen LogP contribution in [0.3, 0.4) is 0 Å². The summed E-state index contributed by atoms with van der Waals surface area (Å²) in [5.41, 5.74) is 2.10. The molecule has 2 amide bonds. The summed E-state index contributed by atoms with van der Waals surface area (Å²) in [5, 5.41) is 6.02. The third-order valence-electron chi connectivity index (χ3n) is 2.99. The maximum atomic E-state index is 11.9. The van der Waals surface area contributed by atoms with Gasteiger partial charge in [-0.2, -0.15) is 0 Å². The van der Waals surface area contributed by atoms with Crippen molar-refractivity contribution in [2.75, 3.05) is 24.4 Å². The predicted molar refractivity (Wildman–Crippen MR) is 96.1 cm³/mol. The third kappa shape index (κ3) is 5.87. The zero-order valence-corrected chi connectivity index (χ0v) is 13.8. The van der Waals surface area contributed by atoms with E-state index in [9.17, 15) is 9.59 Å². The number of benzene rings is 2. The van der Waals surface area contributed by atoms with Gasteiger partial charge in [0.2, 0.25) is 11.8 Å². The number of carbonyl (C=O) groups is 2. The first-order chi connectivity index (χ1) is 11.6. The summed E-state index contributed by atoms with van der Waals surface area (Å²) >= 11 is 5.89. The lowest BCUT2D eigenvalue weighted by atomic mass is 10.2. The molecule has 0 aliphatic rings. The second-order valence-corrected chi connectivity index (χ2v) is 5.37. The Morgan fingerprint density at radius 1 is 1.08 bits per heavy atom. The highest BCUT2D eigenvalue weighted by Gasteiger charge is 2.02. The zero-order chi connectivity index (χ0) is 17.4. The van der Waals surface area contributed by atoms with Crippen molar-refractivity contribution in [3.05, 3.63) is 65.2 Å². The largest absolute Gasteiger partial charge is 0.375 e. The Morgan fingerprint density at radius 3 is 2.38 bits per heavy atom. The first-order valence-electron chi connectivity index (χ1n) is 7.20. The predicted octanol–water partition coefficient (Wildman–Crippen LogP) is 3.58. The Labute approximate surface area is 145 Å². The first kappa shape index (κ1) is 17.7. The summed E-state index contributed by atoms with van der Waals surface area (Å²) in [6, 6.07) is 14.0. The van der Waals surface area contributed by atoms with Gasteiger partial charge in [0.25, 0.3) is 0 Å². The summed E-state index contributed by atoms with van der Waals surface area (Å²) in [6.07, 6.45) is 3.11. The summed E-state index contributed by atoms with van der Waals surface area (Å²) in [4.78, 5) is 23.3. The molecule has 6 heteroatoms. The highest BCUT2D eigenvalue weighted by Crippen LogP contribution is 2.14. The highest BCUT2D eigenvalue weighted by molar-refractivity contribution is 6.30. The molecule has 0 atom stereocenters. The van der Waals surface area contributed by atoms with Gasteiger partial charge < -0.3 is 15.4 Å². The molecule has 0 saturated heterocycles. The van der Waals surface area contributed by atoms with Gasteiger partial charge in [0.05, 0.1) is 0 Å². The zero-order valence-electron chi connectivity index (χ0n) is 13.1. The molecule has 0 heterocycles. The molecule has 2 aromatic rings. The van der Waals surface area contributed by atoms with E-state index in [-0.39, 0.29) is 18.4 Å². The lowest BCUT2D eigenvalue weighted by Gasteiger charge is -2.06. The third-order valence-corrected chi connectivity index (χ3v) is 3.22. The van der Waals surface area contributed by atoms with Gasteiger partial charge in [0.1, 0.15) is 6.61 Å². The molecule has 0 spiro atoms. The van der Waals surface area contributed by atoms with Gasteiger partial charge in [0.15, 0.2) is 0 Å². The van der Waals surface area contributed by atoms with Gasteiger partial charge in [-0.15, -0.1) is 0 Å². The van der Waals surface area contributed by atoms with Crippen LogP contribution in [-0.4, -0.2) is 25.5 Å². The van der Waals surface area contributed by atoms with Crippen molar-refractivity contribution >= 4 is 40.9 Å². The second kappa shape index (κ2) is 8.86. The van der Waals surface area contributed by atoms with Crippen molar-refractivity contribution < 1.29 is 14.3 Å². The molecule has 0 unspecified atom stereocenters. The molecule has 0 aromatic heterocycles. The number of rotatable bonds is 6. The molecule has 0 radical (unpaired) electrons. The topological polar surface area (TPSA) is 67.4 Å². The van der Waals surface area contributed by atoms with Crippen molar-refractivity contribution in [2.45, 2.75) is 0 Å². The number of amides is 2. The van der Waals surface area contributed by atoms with Crippen molar-refractivity contribution in [1.29, 1.82) is 0 Å². The summed E-state index contributed by atoms with van der Waals surface area (Å²) in [6.45, 7) is -0.00716. The molecule has 24 heavy (non-hydrogen) atoms. The number of hydrogen-bond acceptors (Lipinski definition) is 3. The summed E-state index contributed by atoms with van der Waals surface area (Å²) in [5.74, 6) is -0.495. The SMILES string of the molecule is COCC(=O)Nc1ccc(NC(=O)/C=C/c2cccc(Cl)c2)cc1. The Balaban J connectivity index is 1.91. The molecule has 124 valence electrons. The van der Waals surface area contributed by atoms with Gasteiger partial charge in [-0.3, -0.25) is 9.59 Å². The van der Waals surface area contributed by atoms with Gasteiger partial charge >= 0.3 is 0 Å². The van der Waals surface area contributed by atoms with Crippen LogP contribution in [0.2, 0.25) is 5.02 Å². The molecule has 0 saturated carbocycles. The molecule has 2 aromatic carbocycles. The van der Waals surface area contributed by atoms with E-state index in [0.29, 0.717) is 16.4 Å². The minimum atomic E-state index is -0.258. The van der Waals surface area contributed by atoms with E-state index in [1.165, 1.54) is 13.2 Å². The number of hydrogen-bond donors (Lipinski definition) is 2. The maximum Gasteiger partial charge on any atom is 0.250 e. The van der Waals surface area contributed by atoms with Crippen molar-refractivity contribution in [3.8, 4) is 0 Å². The van der Waals surface area contributed by atoms with Crippen LogP contribution in [-0.2, 0) is 14.3 Å². The van der Waals surface area contributed by atoms with Gasteiger partial charge in [-0.05, 0) is 48.0 Å². The lowest BCUT2D eigenvalue weighted by molar-refractivity contribution is -0.119. The molecular formula is C18H17ClN2O3. The van der Waals surface area contributed by atoms with Gasteiger partial charge in [0, 0.05) is 29.6 Å². The second-order valence-electron chi connectivity index (χ2n) is 4.94. The van der Waals surface area contributed by atoms with E-state index in [4.69, 9.17) is 16.3 Å². The number of ether oxygens (including phenoxy) is 1. The van der Waals surface area contributed by atoms with E-state index >= 15 is 0 Å². The van der Waals surface area contributed by atoms with E-state index in [1.54, 1.807) is 42.5 Å². The Kier molecular flexibility index (Phi) is 6.54. The Hall–Kier alpha value is -2.63. The number of halogens is 1. The van der Waals surface area contributed by atoms with Crippen LogP contribution in [0.4, 0.5) is 11.4 Å². The smallest absolute Gasteiger partial charge is 0.250 e. The molecule has 0 fully saturated rings. The van der Waals surface area contributed by atoms with Crippen molar-refractivity contribution in [2.24, 2.45) is 0 Å². The quantitative estimate of drug-likeness (QED) is 0.787. The van der Waals surface area contributed by atoms with E-state index in [2.05, 4.69) is 10.6 Å². The Morgan fingerprint density at radius 2 is 1.75 bits per heavy atom. The standard InChI is InChI=1S/C18H17ClN2O3/c1-24-12-18(23)21-16-8-6-15(7-9-16)20-17(22)10-5-13-3-2-4-14(19)11-13/h2-11H,12H2,1H3,(H,20,22)(H,21,23)/b10-5+.